The molecule has 0 N–H and O–H groups in total. The number of hydrogen-bond acceptors (Lipinski definition) is 5. The molecule has 1 heterocycles. The van der Waals surface area contributed by atoms with Crippen molar-refractivity contribution in [1.29, 1.82) is 0 Å². The minimum Gasteiger partial charge on any atom is -0.467 e. The molecular weight excluding hydrogens is 312 g/mol. The van der Waals surface area contributed by atoms with E-state index in [0.29, 0.717) is 11.8 Å². The van der Waals surface area contributed by atoms with Crippen molar-refractivity contribution in [2.24, 2.45) is 4.99 Å². The van der Waals surface area contributed by atoms with Gasteiger partial charge in [0, 0.05) is 6.21 Å². The number of aliphatic imine (C=N–C) groups is 1. The number of aromatic nitrogens is 3. The van der Waals surface area contributed by atoms with Gasteiger partial charge in [0.2, 0.25) is 0 Å². The Bertz CT molecular complexity index is 1110. The highest BCUT2D eigenvalue weighted by molar-refractivity contribution is 6.00. The monoisotopic (exact) mass is 328 g/mol. The van der Waals surface area contributed by atoms with Crippen LogP contribution in [0.5, 0.6) is 6.01 Å². The third-order valence-corrected chi connectivity index (χ3v) is 3.96. The van der Waals surface area contributed by atoms with Gasteiger partial charge in [-0.25, -0.2) is 4.99 Å². The number of ether oxygens (including phenoxy) is 1. The van der Waals surface area contributed by atoms with Gasteiger partial charge in [0.1, 0.15) is 5.82 Å². The van der Waals surface area contributed by atoms with E-state index in [2.05, 4.69) is 68.5 Å². The van der Waals surface area contributed by atoms with Crippen LogP contribution in [0.2, 0.25) is 0 Å². The minimum absolute atomic E-state index is 0.268. The Morgan fingerprint density at radius 3 is 2.32 bits per heavy atom. The molecular formula is C20H16N4O. The molecule has 5 heteroatoms. The van der Waals surface area contributed by atoms with Crippen LogP contribution < -0.4 is 4.74 Å². The van der Waals surface area contributed by atoms with Gasteiger partial charge in [-0.2, -0.15) is 15.0 Å². The number of nitrogens with zero attached hydrogens (tertiary/aromatic N) is 4. The maximum atomic E-state index is 5.05. The summed E-state index contributed by atoms with van der Waals surface area (Å²) >= 11 is 0. The topological polar surface area (TPSA) is 60.3 Å². The molecule has 0 atom stereocenters. The molecule has 1 aromatic heterocycles. The number of methoxy groups -OCH3 is 1. The molecule has 25 heavy (non-hydrogen) atoms. The highest BCUT2D eigenvalue weighted by Crippen LogP contribution is 2.23. The van der Waals surface area contributed by atoms with Crippen LogP contribution in [0.15, 0.2) is 59.6 Å². The van der Waals surface area contributed by atoms with Gasteiger partial charge < -0.3 is 4.74 Å². The highest BCUT2D eigenvalue weighted by atomic mass is 16.5. The van der Waals surface area contributed by atoms with E-state index in [1.54, 1.807) is 13.1 Å². The molecule has 4 aromatic rings. The van der Waals surface area contributed by atoms with E-state index < -0.39 is 0 Å². The van der Waals surface area contributed by atoms with Crippen molar-refractivity contribution in [2.45, 2.75) is 6.92 Å². The molecule has 0 fully saturated rings. The Kier molecular flexibility index (Phi) is 3.82. The molecule has 0 spiro atoms. The molecule has 0 saturated heterocycles. The molecule has 0 amide bonds. The van der Waals surface area contributed by atoms with Crippen LogP contribution in [-0.2, 0) is 0 Å². The summed E-state index contributed by atoms with van der Waals surface area (Å²) < 4.78 is 5.05. The van der Waals surface area contributed by atoms with Crippen molar-refractivity contribution in [3.8, 4) is 6.01 Å². The summed E-state index contributed by atoms with van der Waals surface area (Å²) in [4.78, 5) is 16.7. The quantitative estimate of drug-likeness (QED) is 0.417. The number of rotatable bonds is 3. The largest absolute Gasteiger partial charge is 0.467 e. The number of benzene rings is 3. The molecule has 0 aliphatic rings. The number of hydrogen-bond donors (Lipinski definition) is 0. The average molecular weight is 328 g/mol. The molecule has 5 nitrogen and oxygen atoms in total. The lowest BCUT2D eigenvalue weighted by Gasteiger charge is -2.03. The third-order valence-electron chi connectivity index (χ3n) is 3.96. The predicted octanol–water partition coefficient (Wildman–Crippen LogP) is 4.25. The van der Waals surface area contributed by atoms with E-state index >= 15 is 0 Å². The van der Waals surface area contributed by atoms with Crippen LogP contribution in [0.4, 0.5) is 5.95 Å². The summed E-state index contributed by atoms with van der Waals surface area (Å²) in [5.41, 5.74) is 0.986. The lowest BCUT2D eigenvalue weighted by atomic mass is 10.0. The summed E-state index contributed by atoms with van der Waals surface area (Å²) in [7, 11) is 1.52. The van der Waals surface area contributed by atoms with Crippen LogP contribution in [0.25, 0.3) is 21.5 Å². The van der Waals surface area contributed by atoms with Crippen molar-refractivity contribution in [3.63, 3.8) is 0 Å². The Morgan fingerprint density at radius 2 is 1.56 bits per heavy atom. The Balaban J connectivity index is 1.71. The first-order chi connectivity index (χ1) is 12.2. The molecule has 0 saturated carbocycles. The smallest absolute Gasteiger partial charge is 0.321 e. The Hall–Kier alpha value is -3.34. The van der Waals surface area contributed by atoms with E-state index in [9.17, 15) is 0 Å². The molecule has 0 unspecified atom stereocenters. The van der Waals surface area contributed by atoms with Gasteiger partial charge in [-0.1, -0.05) is 36.4 Å². The maximum absolute atomic E-state index is 5.05. The second-order valence-corrected chi connectivity index (χ2v) is 5.73. The predicted molar refractivity (Wildman–Crippen MR) is 99.8 cm³/mol. The molecule has 122 valence electrons. The zero-order valence-electron chi connectivity index (χ0n) is 14.0. The summed E-state index contributed by atoms with van der Waals surface area (Å²) in [5, 5.41) is 4.84. The lowest BCUT2D eigenvalue weighted by Crippen LogP contribution is -1.97. The van der Waals surface area contributed by atoms with Crippen LogP contribution in [0.1, 0.15) is 11.4 Å². The first-order valence-corrected chi connectivity index (χ1v) is 7.94. The van der Waals surface area contributed by atoms with Crippen LogP contribution in [-0.4, -0.2) is 28.3 Å². The minimum atomic E-state index is 0.268. The standard InChI is InChI=1S/C20H16N4O/c1-13-22-19(24-20(23-13)25-2)21-12-14-7-8-17-10-15-5-3-4-6-16(15)11-18(17)9-14/h3-12H,1-2H3/b21-12+. The number of fused-ring (bicyclic) bond motifs is 2. The van der Waals surface area contributed by atoms with E-state index in [0.717, 1.165) is 5.56 Å². The van der Waals surface area contributed by atoms with Gasteiger partial charge >= 0.3 is 6.01 Å². The molecule has 0 aliphatic carbocycles. The van der Waals surface area contributed by atoms with E-state index in [1.807, 2.05) is 6.07 Å². The van der Waals surface area contributed by atoms with Crippen molar-refractivity contribution in [1.82, 2.24) is 15.0 Å². The summed E-state index contributed by atoms with van der Waals surface area (Å²) in [6, 6.07) is 19.3. The van der Waals surface area contributed by atoms with E-state index in [1.165, 1.54) is 28.7 Å². The Morgan fingerprint density at radius 1 is 0.840 bits per heavy atom. The van der Waals surface area contributed by atoms with Crippen molar-refractivity contribution < 1.29 is 4.74 Å². The fraction of sp³-hybridized carbons (Fsp3) is 0.100. The second kappa shape index (κ2) is 6.28. The van der Waals surface area contributed by atoms with Gasteiger partial charge in [0.25, 0.3) is 5.95 Å². The van der Waals surface area contributed by atoms with Crippen LogP contribution in [0.3, 0.4) is 0 Å². The van der Waals surface area contributed by atoms with Crippen molar-refractivity contribution >= 4 is 33.7 Å². The first kappa shape index (κ1) is 15.2. The van der Waals surface area contributed by atoms with Crippen molar-refractivity contribution in [2.75, 3.05) is 7.11 Å². The van der Waals surface area contributed by atoms with Gasteiger partial charge in [-0.05, 0) is 52.2 Å². The zero-order valence-corrected chi connectivity index (χ0v) is 14.0. The maximum Gasteiger partial charge on any atom is 0.321 e. The highest BCUT2D eigenvalue weighted by Gasteiger charge is 2.02. The normalized spacial score (nSPS) is 11.4. The fourth-order valence-corrected chi connectivity index (χ4v) is 2.76. The summed E-state index contributed by atoms with van der Waals surface area (Å²) in [5.74, 6) is 0.909. The number of aryl methyl sites for hydroxylation is 1. The van der Waals surface area contributed by atoms with Gasteiger partial charge in [0.05, 0.1) is 7.11 Å². The van der Waals surface area contributed by atoms with Crippen LogP contribution in [0, 0.1) is 6.92 Å². The van der Waals surface area contributed by atoms with E-state index in [4.69, 9.17) is 4.74 Å². The second-order valence-electron chi connectivity index (χ2n) is 5.73. The molecule has 0 bridgehead atoms. The fourth-order valence-electron chi connectivity index (χ4n) is 2.76. The SMILES string of the molecule is COc1nc(C)nc(/N=C/c2ccc3cc4ccccc4cc3c2)n1. The molecule has 0 aliphatic heterocycles. The average Bonchev–Trinajstić information content (AvgIpc) is 2.64. The lowest BCUT2D eigenvalue weighted by molar-refractivity contribution is 0.377. The van der Waals surface area contributed by atoms with Crippen LogP contribution >= 0.6 is 0 Å². The van der Waals surface area contributed by atoms with Gasteiger partial charge in [0.15, 0.2) is 0 Å². The first-order valence-electron chi connectivity index (χ1n) is 7.94. The van der Waals surface area contributed by atoms with E-state index in [-0.39, 0.29) is 6.01 Å². The summed E-state index contributed by atoms with van der Waals surface area (Å²) in [6.45, 7) is 1.78. The zero-order chi connectivity index (χ0) is 17.2. The Labute approximate surface area is 145 Å². The van der Waals surface area contributed by atoms with Crippen molar-refractivity contribution in [3.05, 3.63) is 66.0 Å². The third kappa shape index (κ3) is 3.17. The van der Waals surface area contributed by atoms with Gasteiger partial charge in [-0.15, -0.1) is 0 Å². The van der Waals surface area contributed by atoms with Gasteiger partial charge in [-0.3, -0.25) is 0 Å². The summed E-state index contributed by atoms with van der Waals surface area (Å²) in [6.07, 6.45) is 1.75. The molecule has 0 radical (unpaired) electrons. The molecule has 4 rings (SSSR count). The molecule has 3 aromatic carbocycles.